The molecule has 1 N–H and O–H groups in total. The lowest BCUT2D eigenvalue weighted by atomic mass is 10.1. The van der Waals surface area contributed by atoms with Gasteiger partial charge in [-0.3, -0.25) is 4.79 Å². The molecule has 7 nitrogen and oxygen atoms in total. The molecule has 3 heterocycles. The number of carbonyl (C=O) groups is 1. The fourth-order valence-electron chi connectivity index (χ4n) is 3.51. The number of aryl methyl sites for hydroxylation is 1. The van der Waals surface area contributed by atoms with Gasteiger partial charge in [-0.2, -0.15) is 13.2 Å². The summed E-state index contributed by atoms with van der Waals surface area (Å²) in [7, 11) is 0. The van der Waals surface area contributed by atoms with Gasteiger partial charge in [0.1, 0.15) is 23.2 Å². The highest BCUT2D eigenvalue weighted by Crippen LogP contribution is 2.33. The van der Waals surface area contributed by atoms with E-state index in [4.69, 9.17) is 9.47 Å². The number of ether oxygens (including phenoxy) is 2. The first-order valence-corrected chi connectivity index (χ1v) is 11.6. The molecule has 12 heteroatoms. The minimum atomic E-state index is -4.68. The van der Waals surface area contributed by atoms with Crippen molar-refractivity contribution in [2.24, 2.45) is 0 Å². The van der Waals surface area contributed by atoms with Gasteiger partial charge in [-0.15, -0.1) is 11.3 Å². The van der Waals surface area contributed by atoms with Crippen LogP contribution in [0.15, 0.2) is 30.7 Å². The Morgan fingerprint density at radius 2 is 2.00 bits per heavy atom. The Bertz CT molecular complexity index is 1190. The Labute approximate surface area is 202 Å². The maximum atomic E-state index is 15.5. The average Bonchev–Trinajstić information content (AvgIpc) is 3.49. The predicted octanol–water partition coefficient (Wildman–Crippen LogP) is 5.12. The minimum absolute atomic E-state index is 0.0809. The molecule has 0 radical (unpaired) electrons. The number of amides is 1. The van der Waals surface area contributed by atoms with Gasteiger partial charge in [0.2, 0.25) is 5.82 Å². The second kappa shape index (κ2) is 10.2. The maximum absolute atomic E-state index is 15.5. The molecule has 1 saturated heterocycles. The molecule has 0 saturated carbocycles. The molecule has 1 fully saturated rings. The fraction of sp³-hybridized carbons (Fsp3) is 0.391. The van der Waals surface area contributed by atoms with Crippen molar-refractivity contribution < 1.29 is 31.8 Å². The highest BCUT2D eigenvalue weighted by atomic mass is 32.1. The van der Waals surface area contributed by atoms with E-state index in [9.17, 15) is 18.0 Å². The van der Waals surface area contributed by atoms with Crippen LogP contribution in [0.2, 0.25) is 0 Å². The fourth-order valence-corrected chi connectivity index (χ4v) is 4.29. The molecular weight excluding hydrogens is 488 g/mol. The molecule has 0 bridgehead atoms. The Morgan fingerprint density at radius 1 is 1.26 bits per heavy atom. The van der Waals surface area contributed by atoms with E-state index in [1.54, 1.807) is 6.20 Å². The number of hydrogen-bond donors (Lipinski definition) is 1. The third kappa shape index (κ3) is 5.93. The summed E-state index contributed by atoms with van der Waals surface area (Å²) in [5.41, 5.74) is 0.0642. The van der Waals surface area contributed by atoms with E-state index in [0.717, 1.165) is 30.1 Å². The minimum Gasteiger partial charge on any atom is -0.491 e. The number of thiazole rings is 1. The third-order valence-electron chi connectivity index (χ3n) is 5.38. The molecule has 1 aromatic carbocycles. The first-order chi connectivity index (χ1) is 16.6. The number of benzene rings is 1. The summed E-state index contributed by atoms with van der Waals surface area (Å²) in [5, 5.41) is 2.97. The van der Waals surface area contributed by atoms with Crippen LogP contribution in [0.25, 0.3) is 10.6 Å². The van der Waals surface area contributed by atoms with E-state index in [0.29, 0.717) is 11.6 Å². The van der Waals surface area contributed by atoms with Gasteiger partial charge < -0.3 is 14.8 Å². The van der Waals surface area contributed by atoms with Crippen molar-refractivity contribution in [2.75, 3.05) is 13.2 Å². The highest BCUT2D eigenvalue weighted by molar-refractivity contribution is 7.14. The van der Waals surface area contributed by atoms with E-state index in [-0.39, 0.29) is 35.2 Å². The number of aromatic nitrogens is 3. The SMILES string of the molecule is Cc1cnc(-c2cc(OCC3CCCO3)cc(C(=O)N[C@H](C)c3cnc(C(F)(F)F)nc3)c2F)s1. The lowest BCUT2D eigenvalue weighted by molar-refractivity contribution is -0.145. The van der Waals surface area contributed by atoms with E-state index in [1.165, 1.54) is 30.4 Å². The van der Waals surface area contributed by atoms with E-state index < -0.39 is 29.8 Å². The van der Waals surface area contributed by atoms with Gasteiger partial charge in [-0.05, 0) is 38.8 Å². The largest absolute Gasteiger partial charge is 0.491 e. The summed E-state index contributed by atoms with van der Waals surface area (Å²) in [6, 6.07) is 2.00. The molecule has 1 amide bonds. The highest BCUT2D eigenvalue weighted by Gasteiger charge is 2.34. The lowest BCUT2D eigenvalue weighted by Crippen LogP contribution is -2.28. The Kier molecular flexibility index (Phi) is 7.31. The summed E-state index contributed by atoms with van der Waals surface area (Å²) in [6.07, 6.45) is 0.570. The van der Waals surface area contributed by atoms with Gasteiger partial charge in [0.15, 0.2) is 0 Å². The molecule has 2 atom stereocenters. The second-order valence-electron chi connectivity index (χ2n) is 8.09. The van der Waals surface area contributed by atoms with Gasteiger partial charge in [0.05, 0.1) is 23.3 Å². The first kappa shape index (κ1) is 25.0. The topological polar surface area (TPSA) is 86.2 Å². The number of carbonyl (C=O) groups excluding carboxylic acids is 1. The molecule has 0 aliphatic carbocycles. The summed E-state index contributed by atoms with van der Waals surface area (Å²) < 4.78 is 65.0. The second-order valence-corrected chi connectivity index (χ2v) is 9.32. The number of hydrogen-bond acceptors (Lipinski definition) is 7. The van der Waals surface area contributed by atoms with E-state index in [1.807, 2.05) is 6.92 Å². The lowest BCUT2D eigenvalue weighted by Gasteiger charge is -2.17. The molecule has 1 aliphatic rings. The smallest absolute Gasteiger partial charge is 0.451 e. The molecule has 2 aromatic heterocycles. The van der Waals surface area contributed by atoms with Crippen LogP contribution in [0.1, 0.15) is 52.4 Å². The molecular formula is C23H22F4N4O3S. The first-order valence-electron chi connectivity index (χ1n) is 10.8. The zero-order chi connectivity index (χ0) is 25.2. The molecule has 0 spiro atoms. The number of nitrogens with zero attached hydrogens (tertiary/aromatic N) is 3. The van der Waals surface area contributed by atoms with E-state index in [2.05, 4.69) is 20.3 Å². The van der Waals surface area contributed by atoms with Crippen LogP contribution in [0.5, 0.6) is 5.75 Å². The Balaban J connectivity index is 1.58. The van der Waals surface area contributed by atoms with Crippen LogP contribution < -0.4 is 10.1 Å². The van der Waals surface area contributed by atoms with Crippen LogP contribution in [0, 0.1) is 12.7 Å². The number of alkyl halides is 3. The molecule has 35 heavy (non-hydrogen) atoms. The van der Waals surface area contributed by atoms with Gasteiger partial charge in [-0.1, -0.05) is 0 Å². The number of nitrogens with one attached hydrogen (secondary N) is 1. The van der Waals surface area contributed by atoms with Gasteiger partial charge >= 0.3 is 6.18 Å². The van der Waals surface area contributed by atoms with Crippen LogP contribution >= 0.6 is 11.3 Å². The molecule has 1 aliphatic heterocycles. The predicted molar refractivity (Wildman–Crippen MR) is 120 cm³/mol. The van der Waals surface area contributed by atoms with Crippen molar-refractivity contribution in [1.29, 1.82) is 0 Å². The van der Waals surface area contributed by atoms with Crippen molar-refractivity contribution in [3.05, 3.63) is 58.4 Å². The summed E-state index contributed by atoms with van der Waals surface area (Å²) in [4.78, 5) is 24.7. The van der Waals surface area contributed by atoms with Crippen molar-refractivity contribution in [3.8, 4) is 16.3 Å². The maximum Gasteiger partial charge on any atom is 0.451 e. The number of rotatable bonds is 7. The quantitative estimate of drug-likeness (QED) is 0.445. The molecule has 3 aromatic rings. The van der Waals surface area contributed by atoms with Gasteiger partial charge in [0, 0.05) is 35.6 Å². The van der Waals surface area contributed by atoms with Gasteiger partial charge in [-0.25, -0.2) is 19.3 Å². The van der Waals surface area contributed by atoms with Crippen LogP contribution in [-0.4, -0.2) is 40.2 Å². The molecule has 4 rings (SSSR count). The normalized spacial score (nSPS) is 16.8. The average molecular weight is 511 g/mol. The zero-order valence-corrected chi connectivity index (χ0v) is 19.7. The van der Waals surface area contributed by atoms with Crippen molar-refractivity contribution in [3.63, 3.8) is 0 Å². The Morgan fingerprint density at radius 3 is 2.60 bits per heavy atom. The monoisotopic (exact) mass is 510 g/mol. The number of halogens is 4. The van der Waals surface area contributed by atoms with Crippen LogP contribution in [-0.2, 0) is 10.9 Å². The summed E-state index contributed by atoms with van der Waals surface area (Å²) >= 11 is 1.27. The standard InChI is InChI=1S/C23H22F4N4O3S/c1-12-8-28-21(35-12)18-7-16(34-11-15-4-3-5-33-15)6-17(19(18)24)20(32)31-13(2)14-9-29-22(30-10-14)23(25,26)27/h6-10,13,15H,3-5,11H2,1-2H3,(H,31,32)/t13-,15?/m1/s1. The summed E-state index contributed by atoms with van der Waals surface area (Å²) in [5.74, 6) is -2.56. The summed E-state index contributed by atoms with van der Waals surface area (Å²) in [6.45, 7) is 4.27. The van der Waals surface area contributed by atoms with E-state index >= 15 is 4.39 Å². The van der Waals surface area contributed by atoms with Gasteiger partial charge in [0.25, 0.3) is 5.91 Å². The molecule has 186 valence electrons. The molecule has 1 unspecified atom stereocenters. The van der Waals surface area contributed by atoms with Crippen molar-refractivity contribution in [1.82, 2.24) is 20.3 Å². The van der Waals surface area contributed by atoms with Crippen LogP contribution in [0.4, 0.5) is 17.6 Å². The zero-order valence-electron chi connectivity index (χ0n) is 18.9. The third-order valence-corrected chi connectivity index (χ3v) is 6.32. The Hall–Kier alpha value is -3.12. The van der Waals surface area contributed by atoms with Crippen molar-refractivity contribution in [2.45, 2.75) is 45.0 Å². The van der Waals surface area contributed by atoms with Crippen LogP contribution in [0.3, 0.4) is 0 Å². The van der Waals surface area contributed by atoms with Crippen molar-refractivity contribution >= 4 is 17.2 Å².